The average molecular weight is 390 g/mol. The van der Waals surface area contributed by atoms with Crippen LogP contribution in [0.2, 0.25) is 0 Å². The SMILES string of the molecule is O=C(CN1CCN(Cc2ccccn2)CC1)Nc1ccc2c(c1)OC(F)(F)O2. The van der Waals surface area contributed by atoms with Gasteiger partial charge in [-0.05, 0) is 24.3 Å². The number of aromatic nitrogens is 1. The van der Waals surface area contributed by atoms with Crippen molar-refractivity contribution in [1.82, 2.24) is 14.8 Å². The van der Waals surface area contributed by atoms with E-state index >= 15 is 0 Å². The Morgan fingerprint density at radius 2 is 1.82 bits per heavy atom. The zero-order valence-corrected chi connectivity index (χ0v) is 15.1. The normalized spacial score (nSPS) is 18.8. The quantitative estimate of drug-likeness (QED) is 0.844. The van der Waals surface area contributed by atoms with Gasteiger partial charge in [-0.25, -0.2) is 0 Å². The third-order valence-electron chi connectivity index (χ3n) is 4.63. The number of nitrogens with zero attached hydrogens (tertiary/aromatic N) is 3. The molecule has 1 fully saturated rings. The Balaban J connectivity index is 1.24. The fourth-order valence-corrected chi connectivity index (χ4v) is 3.26. The van der Waals surface area contributed by atoms with Gasteiger partial charge in [0.15, 0.2) is 11.5 Å². The summed E-state index contributed by atoms with van der Waals surface area (Å²) < 4.78 is 34.9. The van der Waals surface area contributed by atoms with Crippen molar-refractivity contribution >= 4 is 11.6 Å². The molecule has 9 heteroatoms. The number of amides is 1. The van der Waals surface area contributed by atoms with Gasteiger partial charge in [0.25, 0.3) is 0 Å². The van der Waals surface area contributed by atoms with Crippen LogP contribution in [-0.2, 0) is 11.3 Å². The lowest BCUT2D eigenvalue weighted by atomic mass is 10.2. The predicted octanol–water partition coefficient (Wildman–Crippen LogP) is 2.16. The minimum atomic E-state index is -3.67. The second-order valence-corrected chi connectivity index (χ2v) is 6.75. The Kier molecular flexibility index (Phi) is 5.10. The summed E-state index contributed by atoms with van der Waals surface area (Å²) in [5.74, 6) is -0.346. The van der Waals surface area contributed by atoms with E-state index in [0.717, 1.165) is 38.4 Å². The molecule has 2 aromatic rings. The van der Waals surface area contributed by atoms with Gasteiger partial charge in [-0.15, -0.1) is 8.78 Å². The van der Waals surface area contributed by atoms with E-state index in [-0.39, 0.29) is 24.0 Å². The Morgan fingerprint density at radius 1 is 1.07 bits per heavy atom. The van der Waals surface area contributed by atoms with Gasteiger partial charge in [-0.2, -0.15) is 0 Å². The number of hydrogen-bond donors (Lipinski definition) is 1. The molecule has 28 heavy (non-hydrogen) atoms. The van der Waals surface area contributed by atoms with Gasteiger partial charge in [-0.1, -0.05) is 6.07 Å². The Labute approximate surface area is 160 Å². The number of ether oxygens (including phenoxy) is 2. The Bertz CT molecular complexity index is 842. The van der Waals surface area contributed by atoms with E-state index in [2.05, 4.69) is 29.6 Å². The maximum Gasteiger partial charge on any atom is 0.586 e. The van der Waals surface area contributed by atoms with Crippen molar-refractivity contribution in [2.75, 3.05) is 38.0 Å². The molecule has 0 saturated carbocycles. The molecule has 1 saturated heterocycles. The predicted molar refractivity (Wildman–Crippen MR) is 97.2 cm³/mol. The highest BCUT2D eigenvalue weighted by Crippen LogP contribution is 2.42. The van der Waals surface area contributed by atoms with Crippen LogP contribution in [0, 0.1) is 0 Å². The maximum absolute atomic E-state index is 13.1. The number of fused-ring (bicyclic) bond motifs is 1. The minimum absolute atomic E-state index is 0.0490. The summed E-state index contributed by atoms with van der Waals surface area (Å²) in [6, 6.07) is 10.1. The molecule has 2 aliphatic rings. The zero-order valence-electron chi connectivity index (χ0n) is 15.1. The summed E-state index contributed by atoms with van der Waals surface area (Å²) in [6.45, 7) is 4.28. The van der Waals surface area contributed by atoms with Gasteiger partial charge < -0.3 is 14.8 Å². The number of anilines is 1. The van der Waals surface area contributed by atoms with Crippen LogP contribution >= 0.6 is 0 Å². The van der Waals surface area contributed by atoms with E-state index in [1.165, 1.54) is 18.2 Å². The highest BCUT2D eigenvalue weighted by Gasteiger charge is 2.43. The second-order valence-electron chi connectivity index (χ2n) is 6.75. The maximum atomic E-state index is 13.1. The first-order chi connectivity index (χ1) is 13.5. The largest absolute Gasteiger partial charge is 0.586 e. The molecule has 1 aromatic heterocycles. The van der Waals surface area contributed by atoms with Crippen molar-refractivity contribution < 1.29 is 23.0 Å². The topological polar surface area (TPSA) is 66.9 Å². The fourth-order valence-electron chi connectivity index (χ4n) is 3.26. The molecule has 0 radical (unpaired) electrons. The summed E-state index contributed by atoms with van der Waals surface area (Å²) in [5, 5.41) is 2.71. The molecule has 148 valence electrons. The highest BCUT2D eigenvalue weighted by atomic mass is 19.3. The number of carbonyl (C=O) groups is 1. The van der Waals surface area contributed by atoms with E-state index in [1.807, 2.05) is 18.2 Å². The van der Waals surface area contributed by atoms with E-state index < -0.39 is 6.29 Å². The molecule has 4 rings (SSSR count). The summed E-state index contributed by atoms with van der Waals surface area (Å²) in [6.07, 6.45) is -1.88. The van der Waals surface area contributed by atoms with Crippen molar-refractivity contribution in [2.45, 2.75) is 12.8 Å². The molecule has 1 N–H and O–H groups in total. The minimum Gasteiger partial charge on any atom is -0.395 e. The first-order valence-corrected chi connectivity index (χ1v) is 9.01. The first-order valence-electron chi connectivity index (χ1n) is 9.01. The van der Waals surface area contributed by atoms with Crippen LogP contribution in [-0.4, -0.2) is 59.7 Å². The van der Waals surface area contributed by atoms with Crippen molar-refractivity contribution in [3.05, 3.63) is 48.3 Å². The van der Waals surface area contributed by atoms with Gasteiger partial charge in [-0.3, -0.25) is 19.6 Å². The van der Waals surface area contributed by atoms with Crippen LogP contribution in [0.25, 0.3) is 0 Å². The number of hydrogen-bond acceptors (Lipinski definition) is 6. The molecule has 2 aliphatic heterocycles. The Hall–Kier alpha value is -2.78. The lowest BCUT2D eigenvalue weighted by Crippen LogP contribution is -2.48. The molecule has 7 nitrogen and oxygen atoms in total. The first kappa shape index (κ1) is 18.6. The molecule has 1 aromatic carbocycles. The number of nitrogens with one attached hydrogen (secondary N) is 1. The summed E-state index contributed by atoms with van der Waals surface area (Å²) >= 11 is 0. The molecule has 0 unspecified atom stereocenters. The lowest BCUT2D eigenvalue weighted by Gasteiger charge is -2.34. The van der Waals surface area contributed by atoms with Crippen LogP contribution < -0.4 is 14.8 Å². The fraction of sp³-hybridized carbons (Fsp3) is 0.368. The van der Waals surface area contributed by atoms with Gasteiger partial charge in [0, 0.05) is 50.7 Å². The molecule has 0 spiro atoms. The number of halogens is 2. The van der Waals surface area contributed by atoms with E-state index in [4.69, 9.17) is 0 Å². The summed E-state index contributed by atoms with van der Waals surface area (Å²) in [7, 11) is 0. The van der Waals surface area contributed by atoms with Gasteiger partial charge in [0.1, 0.15) is 0 Å². The third kappa shape index (κ3) is 4.55. The van der Waals surface area contributed by atoms with Crippen LogP contribution in [0.15, 0.2) is 42.6 Å². The van der Waals surface area contributed by atoms with E-state index in [9.17, 15) is 13.6 Å². The third-order valence-corrected chi connectivity index (χ3v) is 4.63. The van der Waals surface area contributed by atoms with Gasteiger partial charge in [0.05, 0.1) is 12.2 Å². The molecular formula is C19H20F2N4O3. The molecule has 3 heterocycles. The number of carbonyl (C=O) groups excluding carboxylic acids is 1. The molecule has 0 aliphatic carbocycles. The highest BCUT2D eigenvalue weighted by molar-refractivity contribution is 5.92. The van der Waals surface area contributed by atoms with Crippen molar-refractivity contribution in [1.29, 1.82) is 0 Å². The van der Waals surface area contributed by atoms with Crippen molar-refractivity contribution in [2.24, 2.45) is 0 Å². The Morgan fingerprint density at radius 3 is 2.57 bits per heavy atom. The monoisotopic (exact) mass is 390 g/mol. The van der Waals surface area contributed by atoms with Gasteiger partial charge >= 0.3 is 6.29 Å². The van der Waals surface area contributed by atoms with Crippen LogP contribution in [0.3, 0.4) is 0 Å². The molecule has 0 atom stereocenters. The van der Waals surface area contributed by atoms with Gasteiger partial charge in [0.2, 0.25) is 5.91 Å². The number of benzene rings is 1. The molecule has 0 bridgehead atoms. The second kappa shape index (κ2) is 7.69. The van der Waals surface area contributed by atoms with Crippen molar-refractivity contribution in [3.63, 3.8) is 0 Å². The van der Waals surface area contributed by atoms with Crippen molar-refractivity contribution in [3.8, 4) is 11.5 Å². The summed E-state index contributed by atoms with van der Waals surface area (Å²) in [5.41, 5.74) is 1.42. The van der Waals surface area contributed by atoms with Crippen LogP contribution in [0.1, 0.15) is 5.69 Å². The molecule has 1 amide bonds. The number of rotatable bonds is 5. The standard InChI is InChI=1S/C19H20F2N4O3/c20-19(21)27-16-5-4-14(11-17(16)28-19)23-18(26)13-25-9-7-24(8-10-25)12-15-3-1-2-6-22-15/h1-6,11H,7-10,12-13H2,(H,23,26). The average Bonchev–Trinajstić information content (AvgIpc) is 2.97. The number of pyridine rings is 1. The zero-order chi connectivity index (χ0) is 19.6. The van der Waals surface area contributed by atoms with E-state index in [1.54, 1.807) is 6.20 Å². The lowest BCUT2D eigenvalue weighted by molar-refractivity contribution is -0.286. The molecular weight excluding hydrogens is 370 g/mol. The summed E-state index contributed by atoms with van der Waals surface area (Å²) in [4.78, 5) is 21.0. The number of piperazine rings is 1. The smallest absolute Gasteiger partial charge is 0.395 e. The van der Waals surface area contributed by atoms with Crippen LogP contribution in [0.4, 0.5) is 14.5 Å². The van der Waals surface area contributed by atoms with Crippen LogP contribution in [0.5, 0.6) is 11.5 Å². The number of alkyl halides is 2. The van der Waals surface area contributed by atoms with E-state index in [0.29, 0.717) is 5.69 Å².